The summed E-state index contributed by atoms with van der Waals surface area (Å²) in [6, 6.07) is 7.81. The summed E-state index contributed by atoms with van der Waals surface area (Å²) < 4.78 is 1.82. The van der Waals surface area contributed by atoms with Crippen molar-refractivity contribution >= 4 is 5.78 Å². The molecular weight excluding hydrogens is 212 g/mol. The predicted octanol–water partition coefficient (Wildman–Crippen LogP) is 2.91. The summed E-state index contributed by atoms with van der Waals surface area (Å²) in [6.07, 6.45) is 0. The number of ketones is 1. The molecule has 1 aromatic heterocycles. The van der Waals surface area contributed by atoms with E-state index in [4.69, 9.17) is 0 Å². The van der Waals surface area contributed by atoms with Gasteiger partial charge in [-0.2, -0.15) is 5.10 Å². The number of hydrogen-bond donors (Lipinski definition) is 0. The van der Waals surface area contributed by atoms with Crippen molar-refractivity contribution in [2.45, 2.75) is 20.8 Å². The number of aromatic nitrogens is 2. The third kappa shape index (κ3) is 2.00. The zero-order chi connectivity index (χ0) is 12.6. The van der Waals surface area contributed by atoms with Crippen LogP contribution in [0.2, 0.25) is 0 Å². The fraction of sp³-hybridized carbons (Fsp3) is 0.286. The molecule has 0 fully saturated rings. The van der Waals surface area contributed by atoms with E-state index in [-0.39, 0.29) is 5.78 Å². The van der Waals surface area contributed by atoms with Crippen LogP contribution < -0.4 is 0 Å². The number of carbonyl (C=O) groups is 1. The largest absolute Gasteiger partial charge is 0.294 e. The van der Waals surface area contributed by atoms with Crippen LogP contribution in [0.3, 0.4) is 0 Å². The first-order valence-electron chi connectivity index (χ1n) is 5.62. The Bertz CT molecular complexity index is 582. The van der Waals surface area contributed by atoms with E-state index in [1.165, 1.54) is 0 Å². The minimum absolute atomic E-state index is 0.0857. The van der Waals surface area contributed by atoms with E-state index >= 15 is 0 Å². The zero-order valence-corrected chi connectivity index (χ0v) is 10.6. The summed E-state index contributed by atoms with van der Waals surface area (Å²) in [7, 11) is 1.90. The van der Waals surface area contributed by atoms with Gasteiger partial charge in [0.05, 0.1) is 11.4 Å². The monoisotopic (exact) mass is 228 g/mol. The Labute approximate surface area is 101 Å². The molecule has 2 rings (SSSR count). The summed E-state index contributed by atoms with van der Waals surface area (Å²) in [6.45, 7) is 5.57. The van der Waals surface area contributed by atoms with E-state index in [0.717, 1.165) is 28.1 Å². The smallest absolute Gasteiger partial charge is 0.160 e. The second kappa shape index (κ2) is 4.17. The Morgan fingerprint density at radius 2 is 2.00 bits per heavy atom. The van der Waals surface area contributed by atoms with Crippen molar-refractivity contribution in [3.05, 3.63) is 41.1 Å². The minimum Gasteiger partial charge on any atom is -0.294 e. The van der Waals surface area contributed by atoms with Gasteiger partial charge in [0.2, 0.25) is 0 Å². The van der Waals surface area contributed by atoms with Crippen LogP contribution >= 0.6 is 0 Å². The molecule has 0 unspecified atom stereocenters. The lowest BCUT2D eigenvalue weighted by Gasteiger charge is -2.10. The standard InChI is InChI=1S/C14H16N2O/c1-9-6-5-7-12(11(3)17)14(9)13-8-10(2)15-16(13)4/h5-8H,1-4H3. The topological polar surface area (TPSA) is 34.9 Å². The number of hydrogen-bond acceptors (Lipinski definition) is 2. The molecule has 3 nitrogen and oxygen atoms in total. The quantitative estimate of drug-likeness (QED) is 0.741. The minimum atomic E-state index is 0.0857. The third-order valence-electron chi connectivity index (χ3n) is 2.91. The molecule has 0 saturated heterocycles. The second-order valence-corrected chi connectivity index (χ2v) is 4.35. The molecule has 17 heavy (non-hydrogen) atoms. The highest BCUT2D eigenvalue weighted by molar-refractivity contribution is 6.01. The number of carbonyl (C=O) groups excluding carboxylic acids is 1. The zero-order valence-electron chi connectivity index (χ0n) is 10.6. The highest BCUT2D eigenvalue weighted by Crippen LogP contribution is 2.28. The van der Waals surface area contributed by atoms with Crippen molar-refractivity contribution in [1.29, 1.82) is 0 Å². The van der Waals surface area contributed by atoms with E-state index in [9.17, 15) is 4.79 Å². The maximum absolute atomic E-state index is 11.7. The maximum atomic E-state index is 11.7. The summed E-state index contributed by atoms with van der Waals surface area (Å²) >= 11 is 0. The first kappa shape index (κ1) is 11.6. The number of Topliss-reactive ketones (excluding diaryl/α,β-unsaturated/α-hetero) is 1. The summed E-state index contributed by atoms with van der Waals surface area (Å²) in [5, 5.41) is 4.33. The lowest BCUT2D eigenvalue weighted by molar-refractivity contribution is 0.101. The van der Waals surface area contributed by atoms with Crippen molar-refractivity contribution in [2.24, 2.45) is 7.05 Å². The van der Waals surface area contributed by atoms with Crippen molar-refractivity contribution < 1.29 is 4.79 Å². The Balaban J connectivity index is 2.74. The molecule has 0 aliphatic heterocycles. The third-order valence-corrected chi connectivity index (χ3v) is 2.91. The second-order valence-electron chi connectivity index (χ2n) is 4.35. The first-order valence-corrected chi connectivity index (χ1v) is 5.62. The van der Waals surface area contributed by atoms with Gasteiger partial charge in [-0.15, -0.1) is 0 Å². The highest BCUT2D eigenvalue weighted by Gasteiger charge is 2.14. The van der Waals surface area contributed by atoms with Crippen LogP contribution in [0.1, 0.15) is 28.5 Å². The van der Waals surface area contributed by atoms with Crippen LogP contribution in [0, 0.1) is 13.8 Å². The Morgan fingerprint density at radius 1 is 1.29 bits per heavy atom. The van der Waals surface area contributed by atoms with Crippen molar-refractivity contribution in [2.75, 3.05) is 0 Å². The Morgan fingerprint density at radius 3 is 2.53 bits per heavy atom. The number of benzene rings is 1. The van der Waals surface area contributed by atoms with E-state index < -0.39 is 0 Å². The molecule has 0 spiro atoms. The van der Waals surface area contributed by atoms with Crippen LogP contribution in [0.5, 0.6) is 0 Å². The molecule has 0 bridgehead atoms. The SMILES string of the molecule is CC(=O)c1cccc(C)c1-c1cc(C)nn1C. The van der Waals surface area contributed by atoms with E-state index in [1.54, 1.807) is 6.92 Å². The van der Waals surface area contributed by atoms with Gasteiger partial charge in [-0.3, -0.25) is 9.48 Å². The van der Waals surface area contributed by atoms with Gasteiger partial charge in [-0.1, -0.05) is 18.2 Å². The Hall–Kier alpha value is -1.90. The van der Waals surface area contributed by atoms with Gasteiger partial charge in [-0.05, 0) is 32.4 Å². The molecule has 1 heterocycles. The molecule has 2 aromatic rings. The number of nitrogens with zero attached hydrogens (tertiary/aromatic N) is 2. The molecule has 0 N–H and O–H groups in total. The summed E-state index contributed by atoms with van der Waals surface area (Å²) in [5.41, 5.74) is 4.79. The molecular formula is C14H16N2O. The fourth-order valence-corrected chi connectivity index (χ4v) is 2.15. The number of rotatable bonds is 2. The summed E-state index contributed by atoms with van der Waals surface area (Å²) in [5.74, 6) is 0.0857. The van der Waals surface area contributed by atoms with Crippen molar-refractivity contribution in [1.82, 2.24) is 9.78 Å². The first-order chi connectivity index (χ1) is 8.00. The Kier molecular flexibility index (Phi) is 2.84. The lowest BCUT2D eigenvalue weighted by atomic mass is 9.96. The molecule has 0 atom stereocenters. The average Bonchev–Trinajstić information content (AvgIpc) is 2.57. The summed E-state index contributed by atoms with van der Waals surface area (Å²) in [4.78, 5) is 11.7. The van der Waals surface area contributed by atoms with Gasteiger partial charge in [0.15, 0.2) is 5.78 Å². The van der Waals surface area contributed by atoms with Gasteiger partial charge in [-0.25, -0.2) is 0 Å². The van der Waals surface area contributed by atoms with Gasteiger partial charge in [0, 0.05) is 18.2 Å². The van der Waals surface area contributed by atoms with E-state index in [2.05, 4.69) is 5.10 Å². The van der Waals surface area contributed by atoms with Gasteiger partial charge in [0.1, 0.15) is 0 Å². The normalized spacial score (nSPS) is 10.6. The number of aryl methyl sites for hydroxylation is 3. The molecule has 0 radical (unpaired) electrons. The van der Waals surface area contributed by atoms with E-state index in [0.29, 0.717) is 0 Å². The maximum Gasteiger partial charge on any atom is 0.160 e. The molecule has 88 valence electrons. The van der Waals surface area contributed by atoms with Crippen LogP contribution in [0.15, 0.2) is 24.3 Å². The van der Waals surface area contributed by atoms with Crippen LogP contribution in [0.4, 0.5) is 0 Å². The van der Waals surface area contributed by atoms with Crippen LogP contribution in [-0.2, 0) is 7.05 Å². The lowest BCUT2D eigenvalue weighted by Crippen LogP contribution is -2.02. The van der Waals surface area contributed by atoms with Gasteiger partial charge >= 0.3 is 0 Å². The highest BCUT2D eigenvalue weighted by atomic mass is 16.1. The molecule has 0 saturated carbocycles. The van der Waals surface area contributed by atoms with Crippen molar-refractivity contribution in [3.8, 4) is 11.3 Å². The van der Waals surface area contributed by atoms with Crippen molar-refractivity contribution in [3.63, 3.8) is 0 Å². The van der Waals surface area contributed by atoms with Gasteiger partial charge in [0.25, 0.3) is 0 Å². The van der Waals surface area contributed by atoms with E-state index in [1.807, 2.05) is 49.8 Å². The van der Waals surface area contributed by atoms with Crippen LogP contribution in [-0.4, -0.2) is 15.6 Å². The van der Waals surface area contributed by atoms with Crippen LogP contribution in [0.25, 0.3) is 11.3 Å². The fourth-order valence-electron chi connectivity index (χ4n) is 2.15. The molecule has 0 amide bonds. The molecule has 0 aliphatic carbocycles. The molecule has 1 aromatic carbocycles. The molecule has 0 aliphatic rings. The average molecular weight is 228 g/mol. The molecule has 3 heteroatoms. The van der Waals surface area contributed by atoms with Gasteiger partial charge < -0.3 is 0 Å². The predicted molar refractivity (Wildman–Crippen MR) is 68.1 cm³/mol.